The van der Waals surface area contributed by atoms with E-state index in [4.69, 9.17) is 4.74 Å². The minimum atomic E-state index is -0.511. The van der Waals surface area contributed by atoms with E-state index in [1.807, 2.05) is 26.8 Å². The summed E-state index contributed by atoms with van der Waals surface area (Å²) < 4.78 is 5.46. The van der Waals surface area contributed by atoms with Gasteiger partial charge in [0.15, 0.2) is 0 Å². The van der Waals surface area contributed by atoms with Crippen LogP contribution in [-0.2, 0) is 4.74 Å². The Kier molecular flexibility index (Phi) is 5.06. The molecule has 0 spiro atoms. The quantitative estimate of drug-likeness (QED) is 0.856. The third-order valence-corrected chi connectivity index (χ3v) is 3.93. The van der Waals surface area contributed by atoms with Crippen molar-refractivity contribution in [2.45, 2.75) is 52.2 Å². The van der Waals surface area contributed by atoms with Crippen molar-refractivity contribution in [1.82, 2.24) is 9.88 Å². The fourth-order valence-electron chi connectivity index (χ4n) is 2.92. The van der Waals surface area contributed by atoms with Crippen molar-refractivity contribution >= 4 is 11.9 Å². The van der Waals surface area contributed by atoms with E-state index in [1.165, 1.54) is 11.3 Å². The van der Waals surface area contributed by atoms with Crippen LogP contribution in [0.25, 0.3) is 0 Å². The molecular weight excluding hydrogens is 278 g/mol. The number of carbonyl (C=O) groups is 1. The highest BCUT2D eigenvalue weighted by atomic mass is 16.6. The normalized spacial score (nSPS) is 19.2. The smallest absolute Gasteiger partial charge is 0.415 e. The van der Waals surface area contributed by atoms with Crippen LogP contribution in [-0.4, -0.2) is 41.7 Å². The molecule has 1 aliphatic rings. The van der Waals surface area contributed by atoms with Crippen LogP contribution in [0.3, 0.4) is 0 Å². The van der Waals surface area contributed by atoms with Gasteiger partial charge in [0.2, 0.25) is 0 Å². The van der Waals surface area contributed by atoms with Gasteiger partial charge in [-0.05, 0) is 52.8 Å². The molecule has 0 N–H and O–H groups in total. The van der Waals surface area contributed by atoms with Crippen LogP contribution in [0.4, 0.5) is 10.6 Å². The van der Waals surface area contributed by atoms with Crippen molar-refractivity contribution < 1.29 is 9.53 Å². The highest BCUT2D eigenvalue weighted by Gasteiger charge is 2.30. The van der Waals surface area contributed by atoms with Crippen LogP contribution >= 0.6 is 0 Å². The lowest BCUT2D eigenvalue weighted by molar-refractivity contribution is 0.0587. The number of anilines is 1. The van der Waals surface area contributed by atoms with E-state index in [0.29, 0.717) is 11.9 Å². The first kappa shape index (κ1) is 16.7. The molecule has 0 unspecified atom stereocenters. The molecule has 1 aliphatic heterocycles. The maximum atomic E-state index is 12.3. The van der Waals surface area contributed by atoms with Gasteiger partial charge in [-0.2, -0.15) is 0 Å². The summed E-state index contributed by atoms with van der Waals surface area (Å²) in [7, 11) is 1.73. The van der Waals surface area contributed by atoms with Crippen LogP contribution in [0.1, 0.15) is 52.1 Å². The Morgan fingerprint density at radius 1 is 1.50 bits per heavy atom. The molecule has 1 aromatic rings. The van der Waals surface area contributed by atoms with Crippen molar-refractivity contribution in [1.29, 1.82) is 0 Å². The number of amides is 1. The van der Waals surface area contributed by atoms with Crippen molar-refractivity contribution in [2.75, 3.05) is 25.0 Å². The Hall–Kier alpha value is -1.62. The van der Waals surface area contributed by atoms with E-state index in [-0.39, 0.29) is 6.09 Å². The molecular formula is C17H27N3O2. The first-order valence-electron chi connectivity index (χ1n) is 7.99. The van der Waals surface area contributed by atoms with Gasteiger partial charge in [0, 0.05) is 24.8 Å². The summed E-state index contributed by atoms with van der Waals surface area (Å²) in [5, 5.41) is 0. The van der Waals surface area contributed by atoms with Crippen molar-refractivity contribution in [2.24, 2.45) is 0 Å². The summed E-state index contributed by atoms with van der Waals surface area (Å²) in [6, 6.07) is 4.34. The SMILES string of the molecule is CCN1CCC[C@H]1c1cccnc1N(C)C(=O)OC(C)(C)C. The van der Waals surface area contributed by atoms with Gasteiger partial charge in [-0.25, -0.2) is 9.78 Å². The van der Waals surface area contributed by atoms with Gasteiger partial charge >= 0.3 is 6.09 Å². The number of ether oxygens (including phenoxy) is 1. The fraction of sp³-hybridized carbons (Fsp3) is 0.647. The summed E-state index contributed by atoms with van der Waals surface area (Å²) >= 11 is 0. The number of carbonyl (C=O) groups excluding carboxylic acids is 1. The van der Waals surface area contributed by atoms with Crippen LogP contribution in [0, 0.1) is 0 Å². The second kappa shape index (κ2) is 6.65. The van der Waals surface area contributed by atoms with Crippen molar-refractivity contribution in [3.8, 4) is 0 Å². The predicted molar refractivity (Wildman–Crippen MR) is 88.1 cm³/mol. The topological polar surface area (TPSA) is 45.7 Å². The lowest BCUT2D eigenvalue weighted by Crippen LogP contribution is -2.35. The number of rotatable bonds is 3. The fourth-order valence-corrected chi connectivity index (χ4v) is 2.92. The van der Waals surface area contributed by atoms with Gasteiger partial charge in [0.25, 0.3) is 0 Å². The molecule has 0 aliphatic carbocycles. The summed E-state index contributed by atoms with van der Waals surface area (Å²) in [6.07, 6.45) is 3.65. The molecule has 22 heavy (non-hydrogen) atoms. The van der Waals surface area contributed by atoms with Crippen LogP contribution in [0.2, 0.25) is 0 Å². The minimum Gasteiger partial charge on any atom is -0.443 e. The maximum Gasteiger partial charge on any atom is 0.415 e. The van der Waals surface area contributed by atoms with E-state index < -0.39 is 5.60 Å². The number of likely N-dealkylation sites (tertiary alicyclic amines) is 1. The van der Waals surface area contributed by atoms with Crippen LogP contribution < -0.4 is 4.90 Å². The zero-order valence-electron chi connectivity index (χ0n) is 14.3. The van der Waals surface area contributed by atoms with E-state index in [2.05, 4.69) is 22.9 Å². The Morgan fingerprint density at radius 3 is 2.86 bits per heavy atom. The second-order valence-electron chi connectivity index (χ2n) is 6.74. The molecule has 5 nitrogen and oxygen atoms in total. The lowest BCUT2D eigenvalue weighted by Gasteiger charge is -2.29. The molecule has 0 aromatic carbocycles. The number of hydrogen-bond acceptors (Lipinski definition) is 4. The van der Waals surface area contributed by atoms with Gasteiger partial charge in [0.05, 0.1) is 0 Å². The zero-order chi connectivity index (χ0) is 16.3. The van der Waals surface area contributed by atoms with E-state index in [9.17, 15) is 4.79 Å². The number of nitrogens with zero attached hydrogens (tertiary/aromatic N) is 3. The van der Waals surface area contributed by atoms with E-state index >= 15 is 0 Å². The summed E-state index contributed by atoms with van der Waals surface area (Å²) in [6.45, 7) is 9.89. The summed E-state index contributed by atoms with van der Waals surface area (Å²) in [5.74, 6) is 0.696. The Bertz CT molecular complexity index is 525. The molecule has 0 radical (unpaired) electrons. The van der Waals surface area contributed by atoms with E-state index in [1.54, 1.807) is 13.2 Å². The Balaban J connectivity index is 2.26. The van der Waals surface area contributed by atoms with Gasteiger partial charge in [-0.15, -0.1) is 0 Å². The average molecular weight is 305 g/mol. The predicted octanol–water partition coefficient (Wildman–Crippen LogP) is 3.61. The van der Waals surface area contributed by atoms with Crippen LogP contribution in [0.5, 0.6) is 0 Å². The van der Waals surface area contributed by atoms with Crippen LogP contribution in [0.15, 0.2) is 18.3 Å². The maximum absolute atomic E-state index is 12.3. The molecule has 2 heterocycles. The molecule has 1 fully saturated rings. The number of pyridine rings is 1. The first-order chi connectivity index (χ1) is 10.3. The molecule has 0 saturated carbocycles. The van der Waals surface area contributed by atoms with Gasteiger partial charge in [-0.1, -0.05) is 13.0 Å². The molecule has 1 atom stereocenters. The second-order valence-corrected chi connectivity index (χ2v) is 6.74. The monoisotopic (exact) mass is 305 g/mol. The summed E-state index contributed by atoms with van der Waals surface area (Å²) in [4.78, 5) is 20.7. The standard InChI is InChI=1S/C17H27N3O2/c1-6-20-12-8-10-14(20)13-9-7-11-18-15(13)19(5)16(21)22-17(2,3)4/h7,9,11,14H,6,8,10,12H2,1-5H3/t14-/m0/s1. The largest absolute Gasteiger partial charge is 0.443 e. The molecule has 1 amide bonds. The molecule has 2 rings (SSSR count). The van der Waals surface area contributed by atoms with Gasteiger partial charge < -0.3 is 4.74 Å². The highest BCUT2D eigenvalue weighted by molar-refractivity contribution is 5.87. The molecule has 5 heteroatoms. The van der Waals surface area contributed by atoms with Gasteiger partial charge in [-0.3, -0.25) is 9.80 Å². The first-order valence-corrected chi connectivity index (χ1v) is 7.99. The zero-order valence-corrected chi connectivity index (χ0v) is 14.3. The third kappa shape index (κ3) is 3.77. The van der Waals surface area contributed by atoms with Crippen molar-refractivity contribution in [3.05, 3.63) is 23.9 Å². The van der Waals surface area contributed by atoms with Gasteiger partial charge in [0.1, 0.15) is 11.4 Å². The Morgan fingerprint density at radius 2 is 2.23 bits per heavy atom. The molecule has 1 aromatic heterocycles. The van der Waals surface area contributed by atoms with E-state index in [0.717, 1.165) is 25.1 Å². The molecule has 1 saturated heterocycles. The van der Waals surface area contributed by atoms with Crippen molar-refractivity contribution in [3.63, 3.8) is 0 Å². The molecule has 0 bridgehead atoms. The summed E-state index contributed by atoms with van der Waals surface area (Å²) in [5.41, 5.74) is 0.596. The average Bonchev–Trinajstić information content (AvgIpc) is 2.93. The highest BCUT2D eigenvalue weighted by Crippen LogP contribution is 2.35. The number of hydrogen-bond donors (Lipinski definition) is 0. The lowest BCUT2D eigenvalue weighted by atomic mass is 10.1. The Labute approximate surface area is 133 Å². The molecule has 122 valence electrons. The minimum absolute atomic E-state index is 0.332. The number of aromatic nitrogens is 1. The third-order valence-electron chi connectivity index (χ3n) is 3.93.